The van der Waals surface area contributed by atoms with Crippen molar-refractivity contribution in [1.29, 1.82) is 0 Å². The molecule has 0 spiro atoms. The van der Waals surface area contributed by atoms with Crippen molar-refractivity contribution in [3.05, 3.63) is 18.2 Å². The normalized spacial score (nSPS) is 21.0. The molecule has 50 nitrogen and oxygen atoms in total. The van der Waals surface area contributed by atoms with E-state index in [1.54, 1.807) is 5.32 Å². The third-order valence-corrected chi connectivity index (χ3v) is 23.3. The molecule has 1 aromatic heterocycles. The van der Waals surface area contributed by atoms with Gasteiger partial charge in [0.2, 0.25) is 130 Å². The molecule has 0 aromatic carbocycles. The van der Waals surface area contributed by atoms with E-state index in [2.05, 4.69) is 73.8 Å². The fourth-order valence-electron chi connectivity index (χ4n) is 16.7. The first-order valence-electron chi connectivity index (χ1n) is 43.0. The topological polar surface area (TPSA) is 742 Å². The number of likely N-dealkylation sites (tertiary alicyclic amines) is 6. The molecule has 7 aliphatic rings. The lowest BCUT2D eigenvalue weighted by molar-refractivity contribution is -0.150. The highest BCUT2D eigenvalue weighted by molar-refractivity contribution is 6.02. The maximum atomic E-state index is 14.8. The number of aromatic nitrogens is 2. The number of aliphatic hydroxyl groups excluding tert-OH is 1. The van der Waals surface area contributed by atoms with Gasteiger partial charge < -0.3 is 131 Å². The van der Waals surface area contributed by atoms with E-state index in [4.69, 9.17) is 22.9 Å². The van der Waals surface area contributed by atoms with Crippen molar-refractivity contribution in [2.75, 3.05) is 85.1 Å². The number of unbranched alkanes of at least 4 members (excludes halogenated alkanes) is 1. The van der Waals surface area contributed by atoms with E-state index in [1.807, 2.05) is 0 Å². The zero-order chi connectivity index (χ0) is 93.4. The molecule has 7 fully saturated rings. The Labute approximate surface area is 734 Å². The molecule has 1 aromatic rings. The summed E-state index contributed by atoms with van der Waals surface area (Å²) < 4.78 is 0. The van der Waals surface area contributed by atoms with Crippen LogP contribution in [0.3, 0.4) is 0 Å². The van der Waals surface area contributed by atoms with Gasteiger partial charge in [-0.2, -0.15) is 0 Å². The molecule has 14 atom stereocenters. The van der Waals surface area contributed by atoms with Gasteiger partial charge in [0.05, 0.1) is 57.3 Å². The number of aliphatic carboxylic acids is 1. The van der Waals surface area contributed by atoms with Crippen molar-refractivity contribution < 1.29 is 120 Å². The summed E-state index contributed by atoms with van der Waals surface area (Å²) in [6.07, 6.45) is 4.35. The van der Waals surface area contributed by atoms with Gasteiger partial charge in [0.25, 0.3) is 0 Å². The van der Waals surface area contributed by atoms with Crippen LogP contribution in [0.5, 0.6) is 0 Å². The van der Waals surface area contributed by atoms with Crippen molar-refractivity contribution in [1.82, 2.24) is 108 Å². The molecule has 8 rings (SSSR count). The minimum absolute atomic E-state index is 0.00140. The summed E-state index contributed by atoms with van der Waals surface area (Å²) >= 11 is 0. The number of aliphatic hydroxyl groups is 1. The predicted molar refractivity (Wildman–Crippen MR) is 439 cm³/mol. The largest absolute Gasteiger partial charge is 0.480 e. The third-order valence-electron chi connectivity index (χ3n) is 23.3. The number of imidazole rings is 1. The Morgan fingerprint density at radius 1 is 0.430 bits per heavy atom. The zero-order valence-corrected chi connectivity index (χ0v) is 70.9. The number of carboxylic acid groups (broad SMARTS) is 1. The van der Waals surface area contributed by atoms with Crippen LogP contribution in [-0.4, -0.2) is 356 Å². The van der Waals surface area contributed by atoms with Crippen LogP contribution in [0.1, 0.15) is 160 Å². The summed E-state index contributed by atoms with van der Waals surface area (Å²) in [5, 5.41) is 51.1. The Morgan fingerprint density at radius 3 is 1.39 bits per heavy atom. The molecule has 24 N–H and O–H groups in total. The molecular formula is C78H117N25O25. The fraction of sp³-hybridized carbons (Fsp3) is 0.667. The first kappa shape index (κ1) is 101. The van der Waals surface area contributed by atoms with Gasteiger partial charge in [0, 0.05) is 71.1 Å². The third kappa shape index (κ3) is 28.8. The second kappa shape index (κ2) is 49.3. The Kier molecular flexibility index (Phi) is 38.7. The van der Waals surface area contributed by atoms with Crippen LogP contribution in [0.2, 0.25) is 0 Å². The van der Waals surface area contributed by atoms with E-state index in [9.17, 15) is 120 Å². The minimum Gasteiger partial charge on any atom is -0.480 e. The average Bonchev–Trinajstić information content (AvgIpc) is 1.63. The SMILES string of the molecule is NCCCC[C@H](NC(=O)CNC(=O)[C@@H]1CCCN1C(=O)[C@H](Cc1c[nH]cn1)NC(=O)[C@@H]1CCCN1C(=O)[C@@H]1CCCN1C(=O)[C@@H]1CCCN1C(=O)CNC(=O)[C@H](CCC(N)=O)NC(=O)[C@H](CO)NC(=O)[C@H](CCC(N)=O)NC(=O)[C@H](CC(=O)NC=O)NC(=O)CNC(=O)CNC(=O)[C@H](CCC(N)=O)NC(=O)[C@@H]1CCCN1C(=O)[C@@H]1CCCN1)C(=O)N1CCC[C@H]1C(=O)O. The standard InChI is InChI=1S/C78H117N25O25/c79-24-2-1-10-47(74(123)103-31-9-17-56(103)78(127)128)91-63(112)37-87-70(119)51-12-4-27-99(51)75(124)49(32-42-34-83-40-89-42)96-72(121)53-14-6-29-101(53)77(126)55-16-8-30-102(55)76(125)54-15-7-26-98(54)64(113)38-88-66(115)43(18-21-57(80)106)93-69(118)50(39-104)97-67(116)45(20-23-59(82)108)94-68(117)48(33-60(109)90-41-105)92-62(111)36-85-61(110)35-86-65(114)44(19-22-58(81)107)95-71(120)52-13-5-28-100(52)73(122)46-11-3-25-84-46/h34,40-41,43-56,84,104H,1-33,35-39,79H2,(H2,80,106)(H2,81,107)(H2,82,108)(H,83,89)(H,85,110)(H,86,114)(H,87,119)(H,88,115)(H,91,112)(H,92,111)(H,93,118)(H,94,117)(H,95,120)(H,96,121)(H,97,116)(H,127,128)(H,90,105,109)/t43-,44-,45-,46-,47-,48-,49-,50-,51-,52-,53-,54-,55-,56-/m0/s1. The summed E-state index contributed by atoms with van der Waals surface area (Å²) in [4.78, 5) is 323. The first-order chi connectivity index (χ1) is 61.1. The van der Waals surface area contributed by atoms with Crippen LogP contribution in [0, 0.1) is 0 Å². The van der Waals surface area contributed by atoms with Crippen LogP contribution >= 0.6 is 0 Å². The van der Waals surface area contributed by atoms with Crippen molar-refractivity contribution in [2.45, 2.75) is 245 Å². The summed E-state index contributed by atoms with van der Waals surface area (Å²) in [6.45, 7) is -2.85. The fourth-order valence-corrected chi connectivity index (χ4v) is 16.7. The number of nitrogens with one attached hydrogen (secondary N) is 14. The van der Waals surface area contributed by atoms with E-state index in [0.29, 0.717) is 70.2 Å². The number of carbonyl (C=O) groups excluding carboxylic acids is 22. The van der Waals surface area contributed by atoms with E-state index in [0.717, 1.165) is 6.42 Å². The van der Waals surface area contributed by atoms with Crippen LogP contribution < -0.4 is 92.1 Å². The second-order valence-corrected chi connectivity index (χ2v) is 32.3. The Balaban J connectivity index is 0.833. The maximum Gasteiger partial charge on any atom is 0.326 e. The monoisotopic (exact) mass is 1800 g/mol. The summed E-state index contributed by atoms with van der Waals surface area (Å²) in [6, 6.07) is -18.6. The molecule has 128 heavy (non-hydrogen) atoms. The van der Waals surface area contributed by atoms with Gasteiger partial charge in [-0.1, -0.05) is 0 Å². The zero-order valence-electron chi connectivity index (χ0n) is 70.9. The predicted octanol–water partition coefficient (Wildman–Crippen LogP) is -11.8. The lowest BCUT2D eigenvalue weighted by atomic mass is 10.1. The van der Waals surface area contributed by atoms with Crippen molar-refractivity contribution in [2.24, 2.45) is 22.9 Å². The first-order valence-corrected chi connectivity index (χ1v) is 43.0. The van der Waals surface area contributed by atoms with E-state index < -0.39 is 274 Å². The number of hydrogen-bond acceptors (Lipinski definition) is 27. The van der Waals surface area contributed by atoms with Gasteiger partial charge in [-0.3, -0.25) is 111 Å². The Hall–Kier alpha value is -12.9. The van der Waals surface area contributed by atoms with Gasteiger partial charge in [-0.25, -0.2) is 9.78 Å². The van der Waals surface area contributed by atoms with E-state index >= 15 is 0 Å². The van der Waals surface area contributed by atoms with Crippen LogP contribution in [0.4, 0.5) is 0 Å². The summed E-state index contributed by atoms with van der Waals surface area (Å²) in [5.74, 6) is -19.9. The molecule has 8 heterocycles. The Bertz CT molecular complexity index is 4260. The number of carboxylic acids is 1. The van der Waals surface area contributed by atoms with Crippen molar-refractivity contribution in [3.8, 4) is 0 Å². The number of primary amides is 3. The lowest BCUT2D eigenvalue weighted by Crippen LogP contribution is -2.60. The number of rotatable bonds is 48. The van der Waals surface area contributed by atoms with E-state index in [-0.39, 0.29) is 122 Å². The molecule has 22 amide bonds. The smallest absolute Gasteiger partial charge is 0.326 e. The highest BCUT2D eigenvalue weighted by Crippen LogP contribution is 2.30. The lowest BCUT2D eigenvalue weighted by Gasteiger charge is -2.34. The number of aromatic amines is 1. The quantitative estimate of drug-likeness (QED) is 0.0213. The summed E-state index contributed by atoms with van der Waals surface area (Å²) in [7, 11) is 0. The van der Waals surface area contributed by atoms with E-state index in [1.165, 1.54) is 41.9 Å². The number of imide groups is 1. The van der Waals surface area contributed by atoms with Crippen molar-refractivity contribution >= 4 is 136 Å². The second-order valence-electron chi connectivity index (χ2n) is 32.3. The number of nitrogens with zero attached hydrogens (tertiary/aromatic N) is 7. The number of nitrogens with two attached hydrogens (primary N) is 4. The minimum atomic E-state index is -2.03. The number of amides is 22. The van der Waals surface area contributed by atoms with Gasteiger partial charge >= 0.3 is 5.97 Å². The number of hydrogen-bond donors (Lipinski definition) is 20. The number of H-pyrrole nitrogens is 1. The Morgan fingerprint density at radius 2 is 0.867 bits per heavy atom. The molecule has 0 aliphatic carbocycles. The van der Waals surface area contributed by atoms with Gasteiger partial charge in [-0.05, 0) is 142 Å². The van der Waals surface area contributed by atoms with Crippen LogP contribution in [0.15, 0.2) is 12.5 Å². The molecule has 50 heteroatoms. The number of carbonyl (C=O) groups is 23. The summed E-state index contributed by atoms with van der Waals surface area (Å²) in [5.41, 5.74) is 22.1. The molecule has 0 bridgehead atoms. The van der Waals surface area contributed by atoms with Gasteiger partial charge in [-0.15, -0.1) is 0 Å². The highest BCUT2D eigenvalue weighted by Gasteiger charge is 2.49. The average molecular weight is 1800 g/mol. The molecule has 704 valence electrons. The molecular weight excluding hydrogens is 1690 g/mol. The molecule has 0 radical (unpaired) electrons. The van der Waals surface area contributed by atoms with Gasteiger partial charge in [0.15, 0.2) is 0 Å². The molecule has 0 saturated carbocycles. The maximum absolute atomic E-state index is 14.8. The van der Waals surface area contributed by atoms with Crippen molar-refractivity contribution in [3.63, 3.8) is 0 Å². The van der Waals surface area contributed by atoms with Crippen LogP contribution in [0.25, 0.3) is 0 Å². The van der Waals surface area contributed by atoms with Gasteiger partial charge in [0.1, 0.15) is 78.5 Å². The van der Waals surface area contributed by atoms with Crippen LogP contribution in [-0.2, 0) is 117 Å². The molecule has 7 saturated heterocycles. The molecule has 7 aliphatic heterocycles. The highest BCUT2D eigenvalue weighted by atomic mass is 16.4. The molecule has 0 unspecified atom stereocenters.